The smallest absolute Gasteiger partial charge is 0.00151 e. The Bertz CT molecular complexity index is 1160. The third-order valence-corrected chi connectivity index (χ3v) is 12.5. The van der Waals surface area contributed by atoms with Gasteiger partial charge < -0.3 is 0 Å². The van der Waals surface area contributed by atoms with Gasteiger partial charge in [0, 0.05) is 5.41 Å². The summed E-state index contributed by atoms with van der Waals surface area (Å²) in [6.07, 6.45) is 2.22. The molecule has 0 bridgehead atoms. The van der Waals surface area contributed by atoms with Crippen LogP contribution in [0.3, 0.4) is 0 Å². The minimum Gasteiger partial charge on any atom is -0.0622 e. The number of hydrogen-bond acceptors (Lipinski definition) is 0. The molecule has 0 saturated carbocycles. The molecule has 0 atom stereocenters. The second-order valence-electron chi connectivity index (χ2n) is 9.44. The molecule has 5 aromatic carbocycles. The fraction of sp³-hybridized carbons (Fsp3) is 0.118. The molecular weight excluding hydrogens is 470 g/mol. The van der Waals surface area contributed by atoms with Crippen LogP contribution in [0.1, 0.15) is 12.5 Å². The Morgan fingerprint density at radius 3 is 0.917 bits per heavy atom. The Hall–Kier alpha value is -3.04. The average Bonchev–Trinajstić information content (AvgIpc) is 2.97. The molecule has 0 spiro atoms. The first-order valence-electron chi connectivity index (χ1n) is 12.5. The molecule has 0 radical (unpaired) electrons. The average molecular weight is 503 g/mol. The standard InChI is InChI=1S/C34H32P2/c1-34(29-17-7-2-8-18-29,27-35(30-19-9-3-10-20-30)31-21-11-4-12-22-31)28-36(32-23-13-5-14-24-32)33-25-15-6-16-26-33/h2-26H,27-28H2,1H3. The van der Waals surface area contributed by atoms with Crippen LogP contribution in [0.2, 0.25) is 0 Å². The zero-order valence-corrected chi connectivity index (χ0v) is 22.5. The third-order valence-electron chi connectivity index (χ3n) is 6.76. The predicted molar refractivity (Wildman–Crippen MR) is 162 cm³/mol. The van der Waals surface area contributed by atoms with Crippen LogP contribution < -0.4 is 21.2 Å². The van der Waals surface area contributed by atoms with Crippen molar-refractivity contribution in [2.24, 2.45) is 0 Å². The van der Waals surface area contributed by atoms with Crippen molar-refractivity contribution >= 4 is 37.1 Å². The molecule has 2 heteroatoms. The molecule has 0 saturated heterocycles. The normalized spacial score (nSPS) is 11.6. The second kappa shape index (κ2) is 11.8. The van der Waals surface area contributed by atoms with Gasteiger partial charge in [-0.25, -0.2) is 0 Å². The van der Waals surface area contributed by atoms with Gasteiger partial charge in [-0.05, 0) is 54.9 Å². The maximum absolute atomic E-state index is 2.50. The first-order chi connectivity index (χ1) is 17.7. The van der Waals surface area contributed by atoms with Gasteiger partial charge in [0.15, 0.2) is 0 Å². The summed E-state index contributed by atoms with van der Waals surface area (Å²) in [7, 11) is -1.04. The maximum Gasteiger partial charge on any atom is 0.00151 e. The molecule has 0 aromatic heterocycles. The van der Waals surface area contributed by atoms with Crippen LogP contribution in [0, 0.1) is 0 Å². The van der Waals surface area contributed by atoms with Crippen molar-refractivity contribution < 1.29 is 0 Å². The van der Waals surface area contributed by atoms with Crippen LogP contribution in [-0.2, 0) is 5.41 Å². The SMILES string of the molecule is CC(CP(c1ccccc1)c1ccccc1)(CP(c1ccccc1)c1ccccc1)c1ccccc1. The summed E-state index contributed by atoms with van der Waals surface area (Å²) in [6, 6.07) is 55.8. The van der Waals surface area contributed by atoms with Crippen LogP contribution >= 0.6 is 15.8 Å². The van der Waals surface area contributed by atoms with Gasteiger partial charge >= 0.3 is 0 Å². The third kappa shape index (κ3) is 5.84. The van der Waals surface area contributed by atoms with E-state index in [1.807, 2.05) is 0 Å². The molecule has 0 aliphatic carbocycles. The van der Waals surface area contributed by atoms with Crippen molar-refractivity contribution in [3.8, 4) is 0 Å². The lowest BCUT2D eigenvalue weighted by Gasteiger charge is -2.38. The predicted octanol–water partition coefficient (Wildman–Crippen LogP) is 7.21. The van der Waals surface area contributed by atoms with Gasteiger partial charge in [0.05, 0.1) is 0 Å². The maximum atomic E-state index is 2.50. The van der Waals surface area contributed by atoms with E-state index >= 15 is 0 Å². The zero-order valence-electron chi connectivity index (χ0n) is 20.7. The molecule has 0 amide bonds. The molecule has 0 fully saturated rings. The fourth-order valence-electron chi connectivity index (χ4n) is 4.87. The number of benzene rings is 5. The van der Waals surface area contributed by atoms with Gasteiger partial charge in [0.1, 0.15) is 0 Å². The molecule has 5 rings (SSSR count). The van der Waals surface area contributed by atoms with Crippen LogP contribution in [0.5, 0.6) is 0 Å². The Morgan fingerprint density at radius 1 is 0.389 bits per heavy atom. The highest BCUT2D eigenvalue weighted by atomic mass is 31.1. The van der Waals surface area contributed by atoms with Crippen LogP contribution in [0.15, 0.2) is 152 Å². The van der Waals surface area contributed by atoms with Crippen molar-refractivity contribution in [3.05, 3.63) is 157 Å². The monoisotopic (exact) mass is 502 g/mol. The lowest BCUT2D eigenvalue weighted by molar-refractivity contribution is 0.609. The zero-order chi connectivity index (χ0) is 24.6. The summed E-state index contributed by atoms with van der Waals surface area (Å²) in [6.45, 7) is 2.50. The molecule has 0 N–H and O–H groups in total. The summed E-state index contributed by atoms with van der Waals surface area (Å²) in [4.78, 5) is 0. The summed E-state index contributed by atoms with van der Waals surface area (Å²) >= 11 is 0. The van der Waals surface area contributed by atoms with E-state index in [0.29, 0.717) is 0 Å². The molecule has 36 heavy (non-hydrogen) atoms. The van der Waals surface area contributed by atoms with Gasteiger partial charge in [-0.2, -0.15) is 0 Å². The van der Waals surface area contributed by atoms with Crippen molar-refractivity contribution in [1.82, 2.24) is 0 Å². The fourth-order valence-corrected chi connectivity index (χ4v) is 10.5. The van der Waals surface area contributed by atoms with E-state index < -0.39 is 15.8 Å². The van der Waals surface area contributed by atoms with Crippen molar-refractivity contribution in [1.29, 1.82) is 0 Å². The highest BCUT2D eigenvalue weighted by Crippen LogP contribution is 2.48. The summed E-state index contributed by atoms with van der Waals surface area (Å²) in [5, 5.41) is 5.79. The van der Waals surface area contributed by atoms with Crippen LogP contribution in [0.25, 0.3) is 0 Å². The molecule has 0 aliphatic rings. The van der Waals surface area contributed by atoms with Gasteiger partial charge in [0.25, 0.3) is 0 Å². The van der Waals surface area contributed by atoms with Crippen molar-refractivity contribution in [3.63, 3.8) is 0 Å². The largest absolute Gasteiger partial charge is 0.0622 e. The molecule has 178 valence electrons. The summed E-state index contributed by atoms with van der Waals surface area (Å²) in [5.41, 5.74) is 1.44. The summed E-state index contributed by atoms with van der Waals surface area (Å²) in [5.74, 6) is 0. The van der Waals surface area contributed by atoms with Crippen molar-refractivity contribution in [2.75, 3.05) is 12.3 Å². The van der Waals surface area contributed by atoms with E-state index in [-0.39, 0.29) is 5.41 Å². The van der Waals surface area contributed by atoms with E-state index in [2.05, 4.69) is 159 Å². The van der Waals surface area contributed by atoms with E-state index in [9.17, 15) is 0 Å². The topological polar surface area (TPSA) is 0 Å². The van der Waals surface area contributed by atoms with Crippen LogP contribution in [-0.4, -0.2) is 12.3 Å². The van der Waals surface area contributed by atoms with Gasteiger partial charge in [-0.15, -0.1) is 0 Å². The van der Waals surface area contributed by atoms with E-state index in [0.717, 1.165) is 12.3 Å². The van der Waals surface area contributed by atoms with Gasteiger partial charge in [0.2, 0.25) is 0 Å². The molecular formula is C34H32P2. The molecule has 0 nitrogen and oxygen atoms in total. The Labute approximate surface area is 218 Å². The lowest BCUT2D eigenvalue weighted by atomic mass is 9.86. The molecule has 0 unspecified atom stereocenters. The van der Waals surface area contributed by atoms with Crippen LogP contribution in [0.4, 0.5) is 0 Å². The molecule has 0 heterocycles. The van der Waals surface area contributed by atoms with E-state index in [1.54, 1.807) is 0 Å². The Kier molecular flexibility index (Phi) is 8.08. The first-order valence-corrected chi connectivity index (χ1v) is 15.6. The molecule has 5 aromatic rings. The Balaban J connectivity index is 1.61. The van der Waals surface area contributed by atoms with Gasteiger partial charge in [-0.1, -0.05) is 159 Å². The minimum atomic E-state index is -0.521. The lowest BCUT2D eigenvalue weighted by Crippen LogP contribution is -2.35. The van der Waals surface area contributed by atoms with Crippen molar-refractivity contribution in [2.45, 2.75) is 12.3 Å². The van der Waals surface area contributed by atoms with E-state index in [4.69, 9.17) is 0 Å². The quantitative estimate of drug-likeness (QED) is 0.187. The second-order valence-corrected chi connectivity index (χ2v) is 13.9. The highest BCUT2D eigenvalue weighted by molar-refractivity contribution is 7.74. The molecule has 0 aliphatic heterocycles. The van der Waals surface area contributed by atoms with E-state index in [1.165, 1.54) is 26.8 Å². The summed E-state index contributed by atoms with van der Waals surface area (Å²) < 4.78 is 0. The minimum absolute atomic E-state index is 0.00995. The number of rotatable bonds is 9. The Morgan fingerprint density at radius 2 is 0.639 bits per heavy atom. The highest BCUT2D eigenvalue weighted by Gasteiger charge is 2.35. The van der Waals surface area contributed by atoms with Gasteiger partial charge in [-0.3, -0.25) is 0 Å². The number of hydrogen-bond donors (Lipinski definition) is 0. The first kappa shape index (κ1) is 24.6.